The predicted molar refractivity (Wildman–Crippen MR) is 83.9 cm³/mol. The fourth-order valence-corrected chi connectivity index (χ4v) is 2.83. The molecule has 0 saturated heterocycles. The summed E-state index contributed by atoms with van der Waals surface area (Å²) in [6.45, 7) is 0. The van der Waals surface area contributed by atoms with Crippen LogP contribution >= 0.6 is 22.6 Å². The van der Waals surface area contributed by atoms with E-state index in [9.17, 15) is 4.39 Å². The molecule has 1 aromatic carbocycles. The lowest BCUT2D eigenvalue weighted by molar-refractivity contribution is 0.181. The van der Waals surface area contributed by atoms with Gasteiger partial charge in [-0.1, -0.05) is 0 Å². The molecule has 3 rings (SSSR count). The number of halogens is 2. The van der Waals surface area contributed by atoms with Crippen LogP contribution in [0.2, 0.25) is 0 Å². The minimum Gasteiger partial charge on any atom is -0.482 e. The van der Waals surface area contributed by atoms with Crippen molar-refractivity contribution in [2.24, 2.45) is 5.92 Å². The van der Waals surface area contributed by atoms with Crippen LogP contribution in [0.3, 0.4) is 0 Å². The van der Waals surface area contributed by atoms with E-state index < -0.39 is 0 Å². The van der Waals surface area contributed by atoms with E-state index >= 15 is 0 Å². The molecule has 5 heteroatoms. The summed E-state index contributed by atoms with van der Waals surface area (Å²) in [4.78, 5) is 4.02. The molecule has 1 atom stereocenters. The summed E-state index contributed by atoms with van der Waals surface area (Å²) in [7, 11) is 0. The first-order chi connectivity index (χ1) is 9.65. The Labute approximate surface area is 130 Å². The Hall–Kier alpha value is -1.37. The third kappa shape index (κ3) is 2.87. The predicted octanol–water partition coefficient (Wildman–Crippen LogP) is 3.94. The van der Waals surface area contributed by atoms with Crippen molar-refractivity contribution in [3.63, 3.8) is 0 Å². The molecule has 1 heterocycles. The van der Waals surface area contributed by atoms with Gasteiger partial charge in [0, 0.05) is 21.2 Å². The van der Waals surface area contributed by atoms with Crippen LogP contribution in [0, 0.1) is 15.3 Å². The number of nitrogens with two attached hydrogens (primary N) is 1. The summed E-state index contributed by atoms with van der Waals surface area (Å²) in [5.74, 6) is 1.10. The van der Waals surface area contributed by atoms with E-state index in [4.69, 9.17) is 10.5 Å². The van der Waals surface area contributed by atoms with E-state index in [1.54, 1.807) is 30.5 Å². The number of benzene rings is 1. The Morgan fingerprint density at radius 3 is 2.85 bits per heavy atom. The molecule has 1 aromatic heterocycles. The maximum absolute atomic E-state index is 13.5. The van der Waals surface area contributed by atoms with Gasteiger partial charge in [-0.2, -0.15) is 0 Å². The highest BCUT2D eigenvalue weighted by atomic mass is 127. The van der Waals surface area contributed by atoms with Crippen molar-refractivity contribution in [1.29, 1.82) is 0 Å². The highest BCUT2D eigenvalue weighted by Crippen LogP contribution is 2.45. The van der Waals surface area contributed by atoms with Crippen LogP contribution in [0.4, 0.5) is 10.2 Å². The topological polar surface area (TPSA) is 48.1 Å². The number of pyridine rings is 1. The van der Waals surface area contributed by atoms with E-state index in [0.717, 1.165) is 22.0 Å². The summed E-state index contributed by atoms with van der Waals surface area (Å²) in [5.41, 5.74) is 6.71. The molecule has 3 nitrogen and oxygen atoms in total. The zero-order valence-electron chi connectivity index (χ0n) is 10.7. The molecule has 1 fully saturated rings. The maximum atomic E-state index is 13.5. The van der Waals surface area contributed by atoms with Crippen molar-refractivity contribution in [3.8, 4) is 5.75 Å². The van der Waals surface area contributed by atoms with Gasteiger partial charge in [-0.25, -0.2) is 9.37 Å². The quantitative estimate of drug-likeness (QED) is 0.813. The van der Waals surface area contributed by atoms with Gasteiger partial charge in [0.2, 0.25) is 0 Å². The minimum atomic E-state index is -0.242. The third-order valence-corrected chi connectivity index (χ3v) is 4.35. The lowest BCUT2D eigenvalue weighted by Crippen LogP contribution is -2.13. The molecule has 0 aliphatic heterocycles. The van der Waals surface area contributed by atoms with Crippen molar-refractivity contribution in [3.05, 3.63) is 51.5 Å². The van der Waals surface area contributed by atoms with Crippen LogP contribution in [-0.2, 0) is 0 Å². The second kappa shape index (κ2) is 5.55. The van der Waals surface area contributed by atoms with Crippen molar-refractivity contribution >= 4 is 28.4 Å². The zero-order chi connectivity index (χ0) is 14.1. The highest BCUT2D eigenvalue weighted by Gasteiger charge is 2.35. The Morgan fingerprint density at radius 1 is 1.35 bits per heavy atom. The molecule has 0 radical (unpaired) electrons. The molecule has 2 aromatic rings. The molecule has 1 aliphatic rings. The molecule has 2 N–H and O–H groups in total. The number of hydrogen-bond acceptors (Lipinski definition) is 3. The normalized spacial score (nSPS) is 15.9. The smallest absolute Gasteiger partial charge is 0.166 e. The van der Waals surface area contributed by atoms with Gasteiger partial charge in [0.05, 0.1) is 0 Å². The first kappa shape index (κ1) is 13.6. The number of ether oxygens (including phenoxy) is 1. The van der Waals surface area contributed by atoms with E-state index in [1.165, 1.54) is 6.07 Å². The summed E-state index contributed by atoms with van der Waals surface area (Å²) in [5, 5.41) is 0. The SMILES string of the molecule is Nc1ncccc1OC(c1cc(F)ccc1I)C1CC1. The first-order valence-corrected chi connectivity index (χ1v) is 7.55. The van der Waals surface area contributed by atoms with Gasteiger partial charge in [-0.05, 0) is 65.8 Å². The van der Waals surface area contributed by atoms with Crippen molar-refractivity contribution in [2.45, 2.75) is 18.9 Å². The average Bonchev–Trinajstić information content (AvgIpc) is 3.25. The zero-order valence-corrected chi connectivity index (χ0v) is 12.9. The van der Waals surface area contributed by atoms with Crippen LogP contribution in [0.5, 0.6) is 5.75 Å². The van der Waals surface area contributed by atoms with Crippen LogP contribution < -0.4 is 10.5 Å². The van der Waals surface area contributed by atoms with E-state index in [2.05, 4.69) is 27.6 Å². The summed E-state index contributed by atoms with van der Waals surface area (Å²) in [6.07, 6.45) is 3.65. The molecular formula is C15H14FIN2O. The maximum Gasteiger partial charge on any atom is 0.166 e. The van der Waals surface area contributed by atoms with Crippen molar-refractivity contribution in [2.75, 3.05) is 5.73 Å². The third-order valence-electron chi connectivity index (χ3n) is 3.37. The molecule has 0 spiro atoms. The first-order valence-electron chi connectivity index (χ1n) is 6.47. The van der Waals surface area contributed by atoms with Gasteiger partial charge in [-0.15, -0.1) is 0 Å². The lowest BCUT2D eigenvalue weighted by Gasteiger charge is -2.21. The molecule has 0 amide bonds. The largest absolute Gasteiger partial charge is 0.482 e. The highest BCUT2D eigenvalue weighted by molar-refractivity contribution is 14.1. The molecule has 1 aliphatic carbocycles. The van der Waals surface area contributed by atoms with Gasteiger partial charge in [0.1, 0.15) is 11.9 Å². The van der Waals surface area contributed by atoms with E-state index in [1.807, 2.05) is 0 Å². The van der Waals surface area contributed by atoms with E-state index in [-0.39, 0.29) is 11.9 Å². The molecule has 1 unspecified atom stereocenters. The number of rotatable bonds is 4. The molecule has 1 saturated carbocycles. The van der Waals surface area contributed by atoms with Gasteiger partial charge in [0.25, 0.3) is 0 Å². The minimum absolute atomic E-state index is 0.163. The molecule has 104 valence electrons. The Bertz CT molecular complexity index is 631. The molecular weight excluding hydrogens is 370 g/mol. The number of anilines is 1. The van der Waals surface area contributed by atoms with Gasteiger partial charge >= 0.3 is 0 Å². The number of nitrogens with zero attached hydrogens (tertiary/aromatic N) is 1. The summed E-state index contributed by atoms with van der Waals surface area (Å²) >= 11 is 2.21. The number of hydrogen-bond donors (Lipinski definition) is 1. The molecule has 20 heavy (non-hydrogen) atoms. The van der Waals surface area contributed by atoms with Crippen molar-refractivity contribution in [1.82, 2.24) is 4.98 Å². The van der Waals surface area contributed by atoms with Gasteiger partial charge in [-0.3, -0.25) is 0 Å². The van der Waals surface area contributed by atoms with E-state index in [0.29, 0.717) is 17.5 Å². The summed E-state index contributed by atoms with van der Waals surface area (Å²) < 4.78 is 20.5. The number of aromatic nitrogens is 1. The second-order valence-corrected chi connectivity index (χ2v) is 6.09. The van der Waals surface area contributed by atoms with Crippen LogP contribution in [0.15, 0.2) is 36.5 Å². The van der Waals surface area contributed by atoms with Crippen molar-refractivity contribution < 1.29 is 9.13 Å². The fraction of sp³-hybridized carbons (Fsp3) is 0.267. The Kier molecular flexibility index (Phi) is 3.78. The summed E-state index contributed by atoms with van der Waals surface area (Å²) in [6, 6.07) is 8.37. The van der Waals surface area contributed by atoms with Crippen LogP contribution in [-0.4, -0.2) is 4.98 Å². The van der Waals surface area contributed by atoms with Gasteiger partial charge < -0.3 is 10.5 Å². The average molecular weight is 384 g/mol. The standard InChI is InChI=1S/C15H14FIN2O/c16-10-5-6-12(17)11(8-10)14(9-3-4-9)20-13-2-1-7-19-15(13)18/h1-2,5-9,14H,3-4H2,(H2,18,19). The van der Waals surface area contributed by atoms with Gasteiger partial charge in [0.15, 0.2) is 11.6 Å². The lowest BCUT2D eigenvalue weighted by atomic mass is 10.1. The monoisotopic (exact) mass is 384 g/mol. The Balaban J connectivity index is 1.94. The van der Waals surface area contributed by atoms with Crippen LogP contribution in [0.1, 0.15) is 24.5 Å². The molecule has 0 bridgehead atoms. The Morgan fingerprint density at radius 2 is 2.15 bits per heavy atom. The van der Waals surface area contributed by atoms with Crippen LogP contribution in [0.25, 0.3) is 0 Å². The number of nitrogen functional groups attached to an aromatic ring is 1. The fourth-order valence-electron chi connectivity index (χ4n) is 2.18. The second-order valence-electron chi connectivity index (χ2n) is 4.93.